The number of hydrogen-bond acceptors (Lipinski definition) is 4. The zero-order valence-electron chi connectivity index (χ0n) is 17.8. The number of hydrogen-bond donors (Lipinski definition) is 1. The maximum Gasteiger partial charge on any atom is 0.335 e. The zero-order chi connectivity index (χ0) is 24.4. The average molecular weight is 560 g/mol. The molecule has 0 bridgehead atoms. The highest BCUT2D eigenvalue weighted by Crippen LogP contribution is 2.30. The Morgan fingerprint density at radius 2 is 1.79 bits per heavy atom. The number of urea groups is 1. The molecule has 6 nitrogen and oxygen atoms in total. The van der Waals surface area contributed by atoms with Crippen LogP contribution in [0.1, 0.15) is 16.7 Å². The molecule has 3 aromatic rings. The van der Waals surface area contributed by atoms with Crippen molar-refractivity contribution in [3.63, 3.8) is 0 Å². The third kappa shape index (κ3) is 5.01. The Morgan fingerprint density at radius 3 is 2.53 bits per heavy atom. The van der Waals surface area contributed by atoms with Crippen LogP contribution >= 0.6 is 39.1 Å². The Kier molecular flexibility index (Phi) is 7.07. The molecule has 4 amide bonds. The second-order valence-electron chi connectivity index (χ2n) is 7.45. The van der Waals surface area contributed by atoms with Gasteiger partial charge in [0.05, 0.1) is 5.69 Å². The number of carbonyl (C=O) groups is 3. The maximum absolute atomic E-state index is 13.2. The van der Waals surface area contributed by atoms with Gasteiger partial charge in [-0.25, -0.2) is 9.69 Å². The minimum Gasteiger partial charge on any atom is -0.488 e. The Balaban J connectivity index is 1.69. The third-order valence-electron chi connectivity index (χ3n) is 5.13. The second kappa shape index (κ2) is 10.0. The first-order chi connectivity index (χ1) is 16.2. The van der Waals surface area contributed by atoms with Crippen LogP contribution in [0, 0.1) is 6.92 Å². The van der Waals surface area contributed by atoms with E-state index in [1.54, 1.807) is 67.6 Å². The lowest BCUT2D eigenvalue weighted by atomic mass is 10.0. The lowest BCUT2D eigenvalue weighted by Crippen LogP contribution is -2.54. The number of barbiturate groups is 1. The first kappa shape index (κ1) is 24.0. The van der Waals surface area contributed by atoms with Crippen LogP contribution in [0.4, 0.5) is 10.5 Å². The van der Waals surface area contributed by atoms with Gasteiger partial charge in [0.2, 0.25) is 0 Å². The number of carbonyl (C=O) groups excluding carboxylic acids is 3. The van der Waals surface area contributed by atoms with Gasteiger partial charge in [-0.2, -0.15) is 0 Å². The predicted molar refractivity (Wildman–Crippen MR) is 135 cm³/mol. The van der Waals surface area contributed by atoms with Crippen molar-refractivity contribution in [3.05, 3.63) is 97.4 Å². The number of anilines is 1. The van der Waals surface area contributed by atoms with Crippen LogP contribution in [0.15, 0.2) is 70.7 Å². The number of amides is 4. The fourth-order valence-corrected chi connectivity index (χ4v) is 4.25. The molecular weight excluding hydrogens is 543 g/mol. The summed E-state index contributed by atoms with van der Waals surface area (Å²) in [5.74, 6) is -1.09. The number of ether oxygens (including phenoxy) is 1. The van der Waals surface area contributed by atoms with Crippen molar-refractivity contribution in [2.75, 3.05) is 4.90 Å². The molecule has 1 aliphatic heterocycles. The maximum atomic E-state index is 13.2. The minimum atomic E-state index is -0.801. The van der Waals surface area contributed by atoms with Gasteiger partial charge < -0.3 is 4.74 Å². The second-order valence-corrected chi connectivity index (χ2v) is 9.21. The van der Waals surface area contributed by atoms with E-state index in [1.807, 2.05) is 0 Å². The number of rotatable bonds is 5. The van der Waals surface area contributed by atoms with Crippen LogP contribution < -0.4 is 15.0 Å². The Hall–Kier alpha value is -3.13. The molecule has 0 spiro atoms. The summed E-state index contributed by atoms with van der Waals surface area (Å²) >= 11 is 15.6. The van der Waals surface area contributed by atoms with Gasteiger partial charge in [0.1, 0.15) is 17.9 Å². The van der Waals surface area contributed by atoms with Gasteiger partial charge >= 0.3 is 6.03 Å². The van der Waals surface area contributed by atoms with E-state index in [1.165, 1.54) is 6.08 Å². The fraction of sp³-hybridized carbons (Fsp3) is 0.0800. The van der Waals surface area contributed by atoms with Crippen LogP contribution in [-0.4, -0.2) is 17.8 Å². The summed E-state index contributed by atoms with van der Waals surface area (Å²) in [6.07, 6.45) is 1.40. The monoisotopic (exact) mass is 558 g/mol. The van der Waals surface area contributed by atoms with Crippen LogP contribution in [0.2, 0.25) is 10.0 Å². The van der Waals surface area contributed by atoms with Gasteiger partial charge in [-0.05, 0) is 55.0 Å². The lowest BCUT2D eigenvalue weighted by Gasteiger charge is -2.27. The average Bonchev–Trinajstić information content (AvgIpc) is 2.78. The van der Waals surface area contributed by atoms with E-state index in [4.69, 9.17) is 27.9 Å². The molecule has 1 fully saturated rings. The normalized spacial score (nSPS) is 15.0. The number of nitrogens with zero attached hydrogens (tertiary/aromatic N) is 1. The van der Waals surface area contributed by atoms with Gasteiger partial charge in [-0.1, -0.05) is 63.4 Å². The van der Waals surface area contributed by atoms with Crippen molar-refractivity contribution in [2.45, 2.75) is 13.5 Å². The molecule has 4 rings (SSSR count). The molecule has 34 heavy (non-hydrogen) atoms. The predicted octanol–water partition coefficient (Wildman–Crippen LogP) is 6.31. The summed E-state index contributed by atoms with van der Waals surface area (Å²) in [4.78, 5) is 39.3. The van der Waals surface area contributed by atoms with Crippen molar-refractivity contribution >= 4 is 68.7 Å². The van der Waals surface area contributed by atoms with Crippen molar-refractivity contribution in [1.82, 2.24) is 5.32 Å². The van der Waals surface area contributed by atoms with E-state index in [9.17, 15) is 14.4 Å². The quantitative estimate of drug-likeness (QED) is 0.293. The summed E-state index contributed by atoms with van der Waals surface area (Å²) < 4.78 is 6.66. The van der Waals surface area contributed by atoms with Crippen LogP contribution in [-0.2, 0) is 16.2 Å². The third-order valence-corrected chi connectivity index (χ3v) is 6.21. The van der Waals surface area contributed by atoms with E-state index in [-0.39, 0.29) is 12.2 Å². The molecular formula is C25H17BrCl2N2O4. The molecule has 0 aromatic heterocycles. The summed E-state index contributed by atoms with van der Waals surface area (Å²) in [5, 5.41) is 3.21. The molecule has 1 heterocycles. The molecule has 1 aliphatic rings. The van der Waals surface area contributed by atoms with Crippen molar-refractivity contribution < 1.29 is 19.1 Å². The number of imide groups is 2. The van der Waals surface area contributed by atoms with Gasteiger partial charge in [0.25, 0.3) is 11.8 Å². The first-order valence-corrected chi connectivity index (χ1v) is 11.6. The summed E-state index contributed by atoms with van der Waals surface area (Å²) in [7, 11) is 0. The van der Waals surface area contributed by atoms with Gasteiger partial charge in [0.15, 0.2) is 0 Å². The SMILES string of the molecule is Cc1ccccc1N1C(=O)NC(=O)/C(=C\c2cc(Br)ccc2OCc2ccc(Cl)cc2Cl)C1=O. The topological polar surface area (TPSA) is 75.7 Å². The summed E-state index contributed by atoms with van der Waals surface area (Å²) in [6, 6.07) is 16.4. The minimum absolute atomic E-state index is 0.141. The standard InChI is InChI=1S/C25H17BrCl2N2O4/c1-14-4-2-3-5-21(14)30-24(32)19(23(31)29-25(30)33)11-16-10-17(26)7-9-22(16)34-13-15-6-8-18(27)12-20(15)28/h2-12H,13H2,1H3,(H,29,31,33)/b19-11+. The fourth-order valence-electron chi connectivity index (χ4n) is 3.40. The Morgan fingerprint density at radius 1 is 1.03 bits per heavy atom. The molecule has 172 valence electrons. The Bertz CT molecular complexity index is 1360. The summed E-state index contributed by atoms with van der Waals surface area (Å²) in [5.41, 5.74) is 2.10. The molecule has 1 N–H and O–H groups in total. The molecule has 3 aromatic carbocycles. The number of nitrogens with one attached hydrogen (secondary N) is 1. The molecule has 9 heteroatoms. The highest BCUT2D eigenvalue weighted by Gasteiger charge is 2.37. The van der Waals surface area contributed by atoms with Crippen LogP contribution in [0.5, 0.6) is 5.75 Å². The number of halogens is 3. The zero-order valence-corrected chi connectivity index (χ0v) is 20.9. The number of aryl methyl sites for hydroxylation is 1. The van der Waals surface area contributed by atoms with Crippen LogP contribution in [0.3, 0.4) is 0 Å². The first-order valence-electron chi connectivity index (χ1n) is 10.1. The van der Waals surface area contributed by atoms with Gasteiger partial charge in [0, 0.05) is 25.6 Å². The molecule has 0 aliphatic carbocycles. The molecule has 0 saturated carbocycles. The van der Waals surface area contributed by atoms with Crippen molar-refractivity contribution in [1.29, 1.82) is 0 Å². The van der Waals surface area contributed by atoms with E-state index < -0.39 is 17.8 Å². The largest absolute Gasteiger partial charge is 0.488 e. The van der Waals surface area contributed by atoms with Crippen molar-refractivity contribution in [2.24, 2.45) is 0 Å². The smallest absolute Gasteiger partial charge is 0.335 e. The molecule has 0 atom stereocenters. The molecule has 1 saturated heterocycles. The number of benzene rings is 3. The lowest BCUT2D eigenvalue weighted by molar-refractivity contribution is -0.122. The van der Waals surface area contributed by atoms with E-state index >= 15 is 0 Å². The van der Waals surface area contributed by atoms with E-state index in [2.05, 4.69) is 21.2 Å². The number of para-hydroxylation sites is 1. The van der Waals surface area contributed by atoms with E-state index in [0.29, 0.717) is 37.1 Å². The highest BCUT2D eigenvalue weighted by molar-refractivity contribution is 9.10. The highest BCUT2D eigenvalue weighted by atomic mass is 79.9. The van der Waals surface area contributed by atoms with Crippen molar-refractivity contribution in [3.8, 4) is 5.75 Å². The van der Waals surface area contributed by atoms with Gasteiger partial charge in [-0.15, -0.1) is 0 Å². The molecule has 0 unspecified atom stereocenters. The van der Waals surface area contributed by atoms with Gasteiger partial charge in [-0.3, -0.25) is 14.9 Å². The van der Waals surface area contributed by atoms with Crippen LogP contribution in [0.25, 0.3) is 6.08 Å². The summed E-state index contributed by atoms with van der Waals surface area (Å²) in [6.45, 7) is 1.92. The van der Waals surface area contributed by atoms with E-state index in [0.717, 1.165) is 10.5 Å². The Labute approximate surface area is 214 Å². The molecule has 0 radical (unpaired) electrons.